The summed E-state index contributed by atoms with van der Waals surface area (Å²) in [5.41, 5.74) is 3.94. The average molecular weight is 453 g/mol. The number of rotatable bonds is 7. The first-order chi connectivity index (χ1) is 16.6. The second-order valence-electron chi connectivity index (χ2n) is 7.79. The number of fused-ring (bicyclic) bond motifs is 1. The largest absolute Gasteiger partial charge is 0.489 e. The van der Waals surface area contributed by atoms with E-state index in [1.165, 1.54) is 0 Å². The van der Waals surface area contributed by atoms with Crippen LogP contribution in [0.25, 0.3) is 33.7 Å². The van der Waals surface area contributed by atoms with Crippen molar-refractivity contribution in [2.24, 2.45) is 0 Å². The molecule has 2 heterocycles. The van der Waals surface area contributed by atoms with E-state index in [1.807, 2.05) is 66.7 Å². The maximum absolute atomic E-state index is 12.3. The van der Waals surface area contributed by atoms with Crippen LogP contribution in [0.1, 0.15) is 28.6 Å². The molecule has 0 spiro atoms. The fourth-order valence-corrected chi connectivity index (χ4v) is 3.80. The van der Waals surface area contributed by atoms with Gasteiger partial charge in [0.1, 0.15) is 29.3 Å². The molecule has 34 heavy (non-hydrogen) atoms. The van der Waals surface area contributed by atoms with Crippen LogP contribution in [0.2, 0.25) is 0 Å². The number of aromatic nitrogens is 1. The van der Waals surface area contributed by atoms with Gasteiger partial charge < -0.3 is 18.3 Å². The van der Waals surface area contributed by atoms with E-state index in [9.17, 15) is 4.79 Å². The third-order valence-corrected chi connectivity index (χ3v) is 5.49. The van der Waals surface area contributed by atoms with E-state index in [-0.39, 0.29) is 0 Å². The van der Waals surface area contributed by atoms with Crippen LogP contribution >= 0.6 is 0 Å². The Morgan fingerprint density at radius 1 is 0.941 bits per heavy atom. The van der Waals surface area contributed by atoms with E-state index in [0.717, 1.165) is 16.7 Å². The van der Waals surface area contributed by atoms with Crippen LogP contribution in [0, 0.1) is 6.92 Å². The van der Waals surface area contributed by atoms with E-state index < -0.39 is 5.97 Å². The molecule has 0 atom stereocenters. The van der Waals surface area contributed by atoms with Crippen LogP contribution in [0.3, 0.4) is 0 Å². The summed E-state index contributed by atoms with van der Waals surface area (Å²) in [6.45, 7) is 4.22. The Bertz CT molecular complexity index is 1430. The van der Waals surface area contributed by atoms with Crippen molar-refractivity contribution in [2.75, 3.05) is 6.61 Å². The van der Waals surface area contributed by atoms with Gasteiger partial charge in [0.15, 0.2) is 5.76 Å². The van der Waals surface area contributed by atoms with Crippen LogP contribution in [-0.4, -0.2) is 17.6 Å². The summed E-state index contributed by atoms with van der Waals surface area (Å²) in [7, 11) is 0. The second-order valence-corrected chi connectivity index (χ2v) is 7.79. The standard InChI is InChI=1S/C28H23NO5/c1-3-31-28(30)26-18(2)33-24-14-13-22(15-23(24)26)32-17-19-9-11-20(12-10-19)25-16-29-27(34-25)21-7-5-4-6-8-21/h4-16H,3,17H2,1-2H3. The van der Waals surface area contributed by atoms with Crippen molar-refractivity contribution in [3.05, 3.63) is 95.9 Å². The average Bonchev–Trinajstić information content (AvgIpc) is 3.48. The molecule has 3 aromatic carbocycles. The highest BCUT2D eigenvalue weighted by molar-refractivity contribution is 6.04. The minimum Gasteiger partial charge on any atom is -0.489 e. The number of hydrogen-bond donors (Lipinski definition) is 0. The molecular weight excluding hydrogens is 430 g/mol. The smallest absolute Gasteiger partial charge is 0.342 e. The minimum atomic E-state index is -0.394. The molecule has 0 fully saturated rings. The number of carbonyl (C=O) groups excluding carboxylic acids is 1. The molecule has 0 amide bonds. The van der Waals surface area contributed by atoms with Crippen molar-refractivity contribution in [3.8, 4) is 28.5 Å². The van der Waals surface area contributed by atoms with Crippen LogP contribution in [0.15, 0.2) is 87.8 Å². The summed E-state index contributed by atoms with van der Waals surface area (Å²) in [5.74, 6) is 2.08. The van der Waals surface area contributed by atoms with E-state index in [0.29, 0.717) is 52.9 Å². The number of ether oxygens (including phenoxy) is 2. The molecule has 0 saturated carbocycles. The Kier molecular flexibility index (Phi) is 5.87. The number of hydrogen-bond acceptors (Lipinski definition) is 6. The number of benzene rings is 3. The number of aryl methyl sites for hydroxylation is 1. The van der Waals surface area contributed by atoms with Gasteiger partial charge in [-0.1, -0.05) is 42.5 Å². The van der Waals surface area contributed by atoms with Crippen molar-refractivity contribution in [3.63, 3.8) is 0 Å². The Morgan fingerprint density at radius 2 is 1.74 bits per heavy atom. The molecule has 0 aliphatic carbocycles. The van der Waals surface area contributed by atoms with Crippen molar-refractivity contribution in [1.82, 2.24) is 4.98 Å². The number of furan rings is 1. The molecule has 0 radical (unpaired) electrons. The van der Waals surface area contributed by atoms with Crippen molar-refractivity contribution in [2.45, 2.75) is 20.5 Å². The summed E-state index contributed by atoms with van der Waals surface area (Å²) < 4.78 is 22.8. The summed E-state index contributed by atoms with van der Waals surface area (Å²) >= 11 is 0. The van der Waals surface area contributed by atoms with E-state index >= 15 is 0 Å². The van der Waals surface area contributed by atoms with Crippen LogP contribution in [0.4, 0.5) is 0 Å². The molecule has 5 aromatic rings. The molecule has 6 heteroatoms. The Labute approximate surface area is 196 Å². The highest BCUT2D eigenvalue weighted by Crippen LogP contribution is 2.30. The van der Waals surface area contributed by atoms with E-state index in [4.69, 9.17) is 18.3 Å². The summed E-state index contributed by atoms with van der Waals surface area (Å²) in [5, 5.41) is 0.684. The molecule has 0 aliphatic heterocycles. The van der Waals surface area contributed by atoms with Gasteiger partial charge in [-0.2, -0.15) is 0 Å². The molecule has 0 saturated heterocycles. The minimum absolute atomic E-state index is 0.304. The van der Waals surface area contributed by atoms with Crippen molar-refractivity contribution < 1.29 is 23.1 Å². The Morgan fingerprint density at radius 3 is 2.50 bits per heavy atom. The monoisotopic (exact) mass is 453 g/mol. The zero-order valence-corrected chi connectivity index (χ0v) is 18.9. The molecule has 0 aliphatic rings. The first-order valence-corrected chi connectivity index (χ1v) is 11.1. The number of nitrogens with zero attached hydrogens (tertiary/aromatic N) is 1. The fourth-order valence-electron chi connectivity index (χ4n) is 3.80. The highest BCUT2D eigenvalue weighted by atomic mass is 16.5. The van der Waals surface area contributed by atoms with Gasteiger partial charge in [0, 0.05) is 16.5 Å². The third-order valence-electron chi connectivity index (χ3n) is 5.49. The predicted octanol–water partition coefficient (Wildman–Crippen LogP) is 6.82. The Hall–Kier alpha value is -4.32. The molecular formula is C28H23NO5. The van der Waals surface area contributed by atoms with Crippen LogP contribution in [0.5, 0.6) is 5.75 Å². The van der Waals surface area contributed by atoms with Gasteiger partial charge in [0.2, 0.25) is 5.89 Å². The van der Waals surface area contributed by atoms with Gasteiger partial charge >= 0.3 is 5.97 Å². The fraction of sp³-hybridized carbons (Fsp3) is 0.143. The summed E-state index contributed by atoms with van der Waals surface area (Å²) in [6.07, 6.45) is 1.73. The lowest BCUT2D eigenvalue weighted by atomic mass is 10.1. The van der Waals surface area contributed by atoms with Crippen molar-refractivity contribution in [1.29, 1.82) is 0 Å². The van der Waals surface area contributed by atoms with E-state index in [2.05, 4.69) is 4.98 Å². The van der Waals surface area contributed by atoms with Crippen LogP contribution in [-0.2, 0) is 11.3 Å². The van der Waals surface area contributed by atoms with Crippen molar-refractivity contribution >= 4 is 16.9 Å². The molecule has 6 nitrogen and oxygen atoms in total. The molecule has 0 N–H and O–H groups in total. The number of carbonyl (C=O) groups is 1. The topological polar surface area (TPSA) is 74.7 Å². The Balaban J connectivity index is 1.29. The zero-order chi connectivity index (χ0) is 23.5. The maximum atomic E-state index is 12.3. The maximum Gasteiger partial charge on any atom is 0.342 e. The first kappa shape index (κ1) is 21.5. The van der Waals surface area contributed by atoms with Crippen LogP contribution < -0.4 is 4.74 Å². The van der Waals surface area contributed by atoms with E-state index in [1.54, 1.807) is 26.1 Å². The second kappa shape index (κ2) is 9.27. The van der Waals surface area contributed by atoms with Gasteiger partial charge in [-0.15, -0.1) is 0 Å². The van der Waals surface area contributed by atoms with Gasteiger partial charge in [-0.05, 0) is 49.7 Å². The predicted molar refractivity (Wildman–Crippen MR) is 129 cm³/mol. The number of oxazole rings is 1. The molecule has 0 bridgehead atoms. The zero-order valence-electron chi connectivity index (χ0n) is 18.9. The summed E-state index contributed by atoms with van der Waals surface area (Å²) in [4.78, 5) is 16.7. The van der Waals surface area contributed by atoms with Gasteiger partial charge in [-0.25, -0.2) is 9.78 Å². The third kappa shape index (κ3) is 4.30. The number of esters is 1. The lowest BCUT2D eigenvalue weighted by Gasteiger charge is -2.07. The SMILES string of the molecule is CCOC(=O)c1c(C)oc2ccc(OCc3ccc(-c4cnc(-c5ccccc5)o4)cc3)cc12. The molecule has 170 valence electrons. The lowest BCUT2D eigenvalue weighted by Crippen LogP contribution is -2.05. The lowest BCUT2D eigenvalue weighted by molar-refractivity contribution is 0.0526. The van der Waals surface area contributed by atoms with Gasteiger partial charge in [0.25, 0.3) is 0 Å². The summed E-state index contributed by atoms with van der Waals surface area (Å²) in [6, 6.07) is 23.2. The highest BCUT2D eigenvalue weighted by Gasteiger charge is 2.20. The first-order valence-electron chi connectivity index (χ1n) is 11.1. The molecule has 5 rings (SSSR count). The van der Waals surface area contributed by atoms with Gasteiger partial charge in [0.05, 0.1) is 12.8 Å². The van der Waals surface area contributed by atoms with Gasteiger partial charge in [-0.3, -0.25) is 0 Å². The molecule has 0 unspecified atom stereocenters. The quantitative estimate of drug-likeness (QED) is 0.252. The normalized spacial score (nSPS) is 11.0. The molecule has 2 aromatic heterocycles.